The van der Waals surface area contributed by atoms with Gasteiger partial charge in [0.25, 0.3) is 0 Å². The molecule has 3 nitrogen and oxygen atoms in total. The number of rotatable bonds is 5. The van der Waals surface area contributed by atoms with E-state index in [0.29, 0.717) is 30.2 Å². The number of hydrogen-bond acceptors (Lipinski definition) is 2. The van der Waals surface area contributed by atoms with Crippen LogP contribution in [0.3, 0.4) is 0 Å². The number of carbonyl (C=O) groups excluding carboxylic acids is 1. The van der Waals surface area contributed by atoms with Crippen LogP contribution in [0.5, 0.6) is 0 Å². The zero-order valence-corrected chi connectivity index (χ0v) is 23.8. The maximum absolute atomic E-state index is 13.2. The van der Waals surface area contributed by atoms with Crippen LogP contribution in [0.25, 0.3) is 16.3 Å². The van der Waals surface area contributed by atoms with Gasteiger partial charge in [0, 0.05) is 43.1 Å². The Morgan fingerprint density at radius 2 is 1.82 bits per heavy atom. The molecule has 0 radical (unpaired) electrons. The van der Waals surface area contributed by atoms with Gasteiger partial charge < -0.3 is 4.90 Å². The lowest BCUT2D eigenvalue weighted by molar-refractivity contribution is -0.134. The maximum Gasteiger partial charge on any atom is 0.223 e. The van der Waals surface area contributed by atoms with Gasteiger partial charge in [-0.1, -0.05) is 75.7 Å². The molecule has 2 fully saturated rings. The van der Waals surface area contributed by atoms with Gasteiger partial charge in [-0.25, -0.2) is 0 Å². The third-order valence-corrected chi connectivity index (χ3v) is 9.21. The molecular formula is C35H42N2O. The van der Waals surface area contributed by atoms with Crippen molar-refractivity contribution in [3.05, 3.63) is 82.2 Å². The lowest BCUT2D eigenvalue weighted by atomic mass is 9.76. The van der Waals surface area contributed by atoms with Crippen molar-refractivity contribution in [1.82, 2.24) is 9.88 Å². The number of aromatic nitrogens is 1. The molecule has 2 aromatic carbocycles. The summed E-state index contributed by atoms with van der Waals surface area (Å²) >= 11 is 0. The van der Waals surface area contributed by atoms with Crippen LogP contribution in [0, 0.1) is 11.3 Å². The second-order valence-electron chi connectivity index (χ2n) is 13.3. The first-order valence-corrected chi connectivity index (χ1v) is 14.7. The van der Waals surface area contributed by atoms with Gasteiger partial charge in [-0.15, -0.1) is 0 Å². The second-order valence-corrected chi connectivity index (χ2v) is 13.3. The third kappa shape index (κ3) is 4.81. The van der Waals surface area contributed by atoms with Crippen molar-refractivity contribution in [1.29, 1.82) is 0 Å². The van der Waals surface area contributed by atoms with E-state index in [0.717, 1.165) is 32.2 Å². The van der Waals surface area contributed by atoms with Crippen molar-refractivity contribution in [2.75, 3.05) is 6.54 Å². The largest absolute Gasteiger partial charge is 0.339 e. The van der Waals surface area contributed by atoms with Crippen LogP contribution in [0.2, 0.25) is 0 Å². The SMILES string of the molecule is CCC1=C(C)c2c(C3CC4CC(C3)N(C(=O)CC(C)(C)C)C4)cc(Cc3ccc4ccccc4c3)nc2C1. The lowest BCUT2D eigenvalue weighted by Gasteiger charge is -2.32. The summed E-state index contributed by atoms with van der Waals surface area (Å²) in [7, 11) is 0. The molecule has 38 heavy (non-hydrogen) atoms. The average Bonchev–Trinajstić information content (AvgIpc) is 3.36. The fourth-order valence-corrected chi connectivity index (χ4v) is 7.46. The second kappa shape index (κ2) is 9.67. The fourth-order valence-electron chi connectivity index (χ4n) is 7.46. The molecule has 0 N–H and O–H groups in total. The highest BCUT2D eigenvalue weighted by molar-refractivity contribution is 5.83. The number of amides is 1. The van der Waals surface area contributed by atoms with E-state index in [4.69, 9.17) is 4.98 Å². The van der Waals surface area contributed by atoms with E-state index < -0.39 is 0 Å². The molecule has 3 aliphatic rings. The van der Waals surface area contributed by atoms with E-state index >= 15 is 0 Å². The minimum absolute atomic E-state index is 0.0369. The van der Waals surface area contributed by atoms with Gasteiger partial charge in [0.05, 0.1) is 5.69 Å². The lowest BCUT2D eigenvalue weighted by Crippen LogP contribution is -2.37. The highest BCUT2D eigenvalue weighted by atomic mass is 16.2. The molecule has 1 amide bonds. The number of allylic oxidation sites excluding steroid dienone is 2. The minimum Gasteiger partial charge on any atom is -0.339 e. The molecule has 1 saturated carbocycles. The molecule has 1 aliphatic heterocycles. The fraction of sp³-hybridized carbons (Fsp3) is 0.486. The summed E-state index contributed by atoms with van der Waals surface area (Å²) in [6.07, 6.45) is 7.05. The molecule has 1 aromatic heterocycles. The molecule has 2 heterocycles. The first kappa shape index (κ1) is 25.3. The predicted octanol–water partition coefficient (Wildman–Crippen LogP) is 8.10. The molecule has 3 atom stereocenters. The highest BCUT2D eigenvalue weighted by Crippen LogP contribution is 2.48. The van der Waals surface area contributed by atoms with Gasteiger partial charge in [0.2, 0.25) is 5.91 Å². The first-order valence-electron chi connectivity index (χ1n) is 14.7. The molecule has 3 unspecified atom stereocenters. The molecule has 198 valence electrons. The van der Waals surface area contributed by atoms with Gasteiger partial charge in [-0.2, -0.15) is 0 Å². The zero-order chi connectivity index (χ0) is 26.6. The Morgan fingerprint density at radius 1 is 1.03 bits per heavy atom. The molecular weight excluding hydrogens is 464 g/mol. The smallest absolute Gasteiger partial charge is 0.223 e. The van der Waals surface area contributed by atoms with E-state index in [9.17, 15) is 4.79 Å². The van der Waals surface area contributed by atoms with Crippen LogP contribution in [0.1, 0.15) is 101 Å². The Morgan fingerprint density at radius 3 is 2.58 bits per heavy atom. The van der Waals surface area contributed by atoms with Crippen LogP contribution in [0.4, 0.5) is 0 Å². The molecule has 6 rings (SSSR count). The normalized spacial score (nSPS) is 22.9. The quantitative estimate of drug-likeness (QED) is 0.350. The predicted molar refractivity (Wildman–Crippen MR) is 157 cm³/mol. The average molecular weight is 507 g/mol. The number of nitrogens with zero attached hydrogens (tertiary/aromatic N) is 2. The van der Waals surface area contributed by atoms with Crippen molar-refractivity contribution >= 4 is 22.3 Å². The Bertz CT molecular complexity index is 1430. The Kier molecular flexibility index (Phi) is 6.45. The van der Waals surface area contributed by atoms with Crippen LogP contribution in [-0.4, -0.2) is 28.4 Å². The molecule has 1 saturated heterocycles. The number of likely N-dealkylation sites (tertiary alicyclic amines) is 1. The van der Waals surface area contributed by atoms with E-state index in [2.05, 4.69) is 88.0 Å². The van der Waals surface area contributed by atoms with Crippen molar-refractivity contribution < 1.29 is 4.79 Å². The van der Waals surface area contributed by atoms with Crippen molar-refractivity contribution in [3.63, 3.8) is 0 Å². The van der Waals surface area contributed by atoms with Gasteiger partial charge in [-0.3, -0.25) is 9.78 Å². The summed E-state index contributed by atoms with van der Waals surface area (Å²) in [5.41, 5.74) is 9.77. The van der Waals surface area contributed by atoms with Crippen LogP contribution >= 0.6 is 0 Å². The third-order valence-electron chi connectivity index (χ3n) is 9.21. The van der Waals surface area contributed by atoms with E-state index in [1.807, 2.05) is 0 Å². The number of fused-ring (bicyclic) bond motifs is 4. The van der Waals surface area contributed by atoms with Gasteiger partial charge in [0.15, 0.2) is 0 Å². The molecule has 3 aromatic rings. The van der Waals surface area contributed by atoms with E-state index in [-0.39, 0.29) is 5.41 Å². The number of carbonyl (C=O) groups is 1. The summed E-state index contributed by atoms with van der Waals surface area (Å²) in [6, 6.07) is 18.2. The summed E-state index contributed by atoms with van der Waals surface area (Å²) in [5.74, 6) is 1.48. The van der Waals surface area contributed by atoms with Gasteiger partial charge in [0.1, 0.15) is 0 Å². The van der Waals surface area contributed by atoms with Crippen LogP contribution in [-0.2, 0) is 17.6 Å². The zero-order valence-electron chi connectivity index (χ0n) is 23.8. The summed E-state index contributed by atoms with van der Waals surface area (Å²) in [5, 5.41) is 2.58. The van der Waals surface area contributed by atoms with Crippen LogP contribution in [0.15, 0.2) is 54.1 Å². The number of hydrogen-bond donors (Lipinski definition) is 0. The van der Waals surface area contributed by atoms with Gasteiger partial charge in [-0.05, 0) is 83.4 Å². The standard InChI is InChI=1S/C35H42N2O/c1-6-25-18-32-34(22(25)2)31(19-29(36-32)15-23-11-12-26-9-7-8-10-27(26)13-23)28-14-24-16-30(17-28)37(21-24)33(38)20-35(3,4)5/h7-13,19,24,28,30H,6,14-18,20-21H2,1-5H3. The van der Waals surface area contributed by atoms with Gasteiger partial charge >= 0.3 is 0 Å². The topological polar surface area (TPSA) is 33.2 Å². The molecule has 0 spiro atoms. The number of pyridine rings is 1. The summed E-state index contributed by atoms with van der Waals surface area (Å²) in [4.78, 5) is 20.7. The Hall–Kier alpha value is -2.94. The first-order chi connectivity index (χ1) is 18.2. The van der Waals surface area contributed by atoms with Crippen molar-refractivity contribution in [2.45, 2.75) is 91.5 Å². The Balaban J connectivity index is 1.32. The monoisotopic (exact) mass is 506 g/mol. The van der Waals surface area contributed by atoms with Crippen molar-refractivity contribution in [3.8, 4) is 0 Å². The number of benzene rings is 2. The maximum atomic E-state index is 13.2. The van der Waals surface area contributed by atoms with Crippen LogP contribution < -0.4 is 0 Å². The molecule has 2 aliphatic carbocycles. The van der Waals surface area contributed by atoms with E-state index in [1.54, 1.807) is 0 Å². The van der Waals surface area contributed by atoms with E-state index in [1.165, 1.54) is 62.8 Å². The summed E-state index contributed by atoms with van der Waals surface area (Å²) < 4.78 is 0. The minimum atomic E-state index is 0.0369. The highest BCUT2D eigenvalue weighted by Gasteiger charge is 2.43. The summed E-state index contributed by atoms with van der Waals surface area (Å²) in [6.45, 7) is 12.1. The molecule has 2 bridgehead atoms. The Labute approximate surface area is 228 Å². The molecule has 3 heteroatoms. The van der Waals surface area contributed by atoms with Crippen molar-refractivity contribution in [2.24, 2.45) is 11.3 Å².